The number of esters is 2. The van der Waals surface area contributed by atoms with Crippen LogP contribution in [0.4, 0.5) is 0 Å². The van der Waals surface area contributed by atoms with Crippen molar-refractivity contribution in [1.82, 2.24) is 0 Å². The van der Waals surface area contributed by atoms with Crippen molar-refractivity contribution in [2.24, 2.45) is 0 Å². The molecule has 1 saturated heterocycles. The van der Waals surface area contributed by atoms with Gasteiger partial charge in [0.05, 0.1) is 21.2 Å². The highest BCUT2D eigenvalue weighted by Crippen LogP contribution is 2.29. The zero-order chi connectivity index (χ0) is 22.3. The van der Waals surface area contributed by atoms with Crippen LogP contribution < -0.4 is 0 Å². The number of rotatable bonds is 9. The van der Waals surface area contributed by atoms with Gasteiger partial charge in [0.25, 0.3) is 0 Å². The van der Waals surface area contributed by atoms with Crippen molar-refractivity contribution in [3.63, 3.8) is 0 Å². The largest absolute Gasteiger partial charge is 0.453 e. The third kappa shape index (κ3) is 6.38. The van der Waals surface area contributed by atoms with E-state index < -0.39 is 36.5 Å². The lowest BCUT2D eigenvalue weighted by Crippen LogP contribution is -2.41. The molecule has 1 fully saturated rings. The summed E-state index contributed by atoms with van der Waals surface area (Å²) in [4.78, 5) is 23.3. The maximum Gasteiger partial charge on any atom is 0.305 e. The molecular formula is C23H26O7. The van der Waals surface area contributed by atoms with Crippen molar-refractivity contribution in [2.75, 3.05) is 6.61 Å². The van der Waals surface area contributed by atoms with Crippen LogP contribution in [0.15, 0.2) is 60.7 Å². The summed E-state index contributed by atoms with van der Waals surface area (Å²) >= 11 is 0. The molecule has 7 nitrogen and oxygen atoms in total. The summed E-state index contributed by atoms with van der Waals surface area (Å²) in [5.74, 6) is -1.27. The third-order valence-electron chi connectivity index (χ3n) is 4.35. The zero-order valence-electron chi connectivity index (χ0n) is 18.0. The average Bonchev–Trinajstić information content (AvgIpc) is 2.99. The SMILES string of the molecule is [2H][C@@]1(OCc2ccccc2)[C@@H](COCc2ccccc2)OC(OC(C)=O)[C@@H]1OC(C)=O. The number of ether oxygens (including phenoxy) is 5. The fraction of sp³-hybridized carbons (Fsp3) is 0.391. The van der Waals surface area contributed by atoms with Crippen LogP contribution in [0.1, 0.15) is 26.3 Å². The lowest BCUT2D eigenvalue weighted by Gasteiger charge is -2.23. The Balaban J connectivity index is 1.77. The minimum absolute atomic E-state index is 0.0251. The van der Waals surface area contributed by atoms with Gasteiger partial charge >= 0.3 is 11.9 Å². The van der Waals surface area contributed by atoms with E-state index in [1.54, 1.807) is 0 Å². The van der Waals surface area contributed by atoms with Crippen molar-refractivity contribution >= 4 is 11.9 Å². The molecular weight excluding hydrogens is 388 g/mol. The van der Waals surface area contributed by atoms with E-state index in [0.717, 1.165) is 11.1 Å². The van der Waals surface area contributed by atoms with Gasteiger partial charge in [-0.25, -0.2) is 0 Å². The van der Waals surface area contributed by atoms with E-state index in [9.17, 15) is 9.59 Å². The fourth-order valence-corrected chi connectivity index (χ4v) is 3.06. The molecule has 0 saturated carbocycles. The molecule has 1 aliphatic rings. The molecule has 1 aliphatic heterocycles. The zero-order valence-corrected chi connectivity index (χ0v) is 17.0. The number of benzene rings is 2. The van der Waals surface area contributed by atoms with Crippen molar-refractivity contribution in [3.05, 3.63) is 71.8 Å². The highest BCUT2D eigenvalue weighted by Gasteiger charge is 2.49. The molecule has 1 heterocycles. The summed E-state index contributed by atoms with van der Waals surface area (Å²) in [5, 5.41) is 0. The second kappa shape index (κ2) is 10.9. The van der Waals surface area contributed by atoms with Gasteiger partial charge in [-0.15, -0.1) is 0 Å². The summed E-state index contributed by atoms with van der Waals surface area (Å²) in [6, 6.07) is 18.8. The number of carbonyl (C=O) groups excluding carboxylic acids is 2. The molecule has 2 aromatic rings. The average molecular weight is 415 g/mol. The Bertz CT molecular complexity index is 861. The van der Waals surface area contributed by atoms with E-state index in [1.165, 1.54) is 13.8 Å². The van der Waals surface area contributed by atoms with E-state index in [4.69, 9.17) is 25.1 Å². The first kappa shape index (κ1) is 20.5. The predicted octanol–water partition coefficient (Wildman–Crippen LogP) is 3.01. The van der Waals surface area contributed by atoms with Crippen LogP contribution in [0.3, 0.4) is 0 Å². The molecule has 1 unspecified atom stereocenters. The summed E-state index contributed by atoms with van der Waals surface area (Å²) in [6.45, 7) is 2.77. The number of hydrogen-bond acceptors (Lipinski definition) is 7. The van der Waals surface area contributed by atoms with Gasteiger partial charge in [-0.3, -0.25) is 9.59 Å². The number of hydrogen-bond donors (Lipinski definition) is 0. The smallest absolute Gasteiger partial charge is 0.305 e. The van der Waals surface area contributed by atoms with Gasteiger partial charge in [0.1, 0.15) is 12.2 Å². The second-order valence-electron chi connectivity index (χ2n) is 6.81. The van der Waals surface area contributed by atoms with E-state index >= 15 is 0 Å². The van der Waals surface area contributed by atoms with Gasteiger partial charge in [-0.1, -0.05) is 60.7 Å². The minimum atomic E-state index is -1.85. The van der Waals surface area contributed by atoms with Crippen LogP contribution in [0, 0.1) is 0 Å². The summed E-state index contributed by atoms with van der Waals surface area (Å²) in [7, 11) is 0. The van der Waals surface area contributed by atoms with Gasteiger partial charge in [0.15, 0.2) is 6.10 Å². The maximum atomic E-state index is 11.7. The van der Waals surface area contributed by atoms with Gasteiger partial charge in [0, 0.05) is 13.8 Å². The molecule has 30 heavy (non-hydrogen) atoms. The lowest BCUT2D eigenvalue weighted by atomic mass is 10.1. The molecule has 160 valence electrons. The van der Waals surface area contributed by atoms with Gasteiger partial charge in [0.2, 0.25) is 6.29 Å². The maximum absolute atomic E-state index is 11.7. The predicted molar refractivity (Wildman–Crippen MR) is 107 cm³/mol. The Morgan fingerprint density at radius 1 is 0.900 bits per heavy atom. The Kier molecular flexibility index (Phi) is 7.44. The quantitative estimate of drug-likeness (QED) is 0.583. The Morgan fingerprint density at radius 2 is 1.47 bits per heavy atom. The topological polar surface area (TPSA) is 80.3 Å². The fourth-order valence-electron chi connectivity index (χ4n) is 3.06. The van der Waals surface area contributed by atoms with Gasteiger partial charge in [-0.05, 0) is 11.1 Å². The Labute approximate surface area is 177 Å². The van der Waals surface area contributed by atoms with Crippen LogP contribution in [0.2, 0.25) is 0 Å². The molecule has 0 radical (unpaired) electrons. The van der Waals surface area contributed by atoms with E-state index in [1.807, 2.05) is 60.7 Å². The molecule has 7 heteroatoms. The van der Waals surface area contributed by atoms with E-state index in [-0.39, 0.29) is 13.2 Å². The summed E-state index contributed by atoms with van der Waals surface area (Å²) in [5.41, 5.74) is 1.78. The minimum Gasteiger partial charge on any atom is -0.453 e. The molecule has 0 spiro atoms. The van der Waals surface area contributed by atoms with Crippen LogP contribution in [0.25, 0.3) is 0 Å². The molecule has 3 rings (SSSR count). The number of carbonyl (C=O) groups is 2. The van der Waals surface area contributed by atoms with Crippen molar-refractivity contribution in [1.29, 1.82) is 0 Å². The molecule has 2 aromatic carbocycles. The van der Waals surface area contributed by atoms with Crippen LogP contribution >= 0.6 is 0 Å². The Hall–Kier alpha value is -2.74. The molecule has 0 amide bonds. The van der Waals surface area contributed by atoms with Gasteiger partial charge < -0.3 is 23.7 Å². The molecule has 0 bridgehead atoms. The highest BCUT2D eigenvalue weighted by molar-refractivity contribution is 5.67. The van der Waals surface area contributed by atoms with Crippen LogP contribution in [0.5, 0.6) is 0 Å². The molecule has 0 aromatic heterocycles. The van der Waals surface area contributed by atoms with Crippen molar-refractivity contribution < 1.29 is 34.6 Å². The summed E-state index contributed by atoms with van der Waals surface area (Å²) < 4.78 is 36.9. The van der Waals surface area contributed by atoms with Crippen molar-refractivity contribution in [2.45, 2.75) is 51.6 Å². The van der Waals surface area contributed by atoms with Crippen molar-refractivity contribution in [3.8, 4) is 0 Å². The second-order valence-corrected chi connectivity index (χ2v) is 6.81. The highest BCUT2D eigenvalue weighted by atomic mass is 16.7. The summed E-state index contributed by atoms with van der Waals surface area (Å²) in [6.07, 6.45) is -5.37. The molecule has 4 atom stereocenters. The molecule has 0 N–H and O–H groups in total. The normalized spacial score (nSPS) is 26.1. The Morgan fingerprint density at radius 3 is 2.03 bits per heavy atom. The standard InChI is InChI=1S/C23H26O7/c1-16(24)28-22-21(27-14-19-11-7-4-8-12-19)20(30-23(22)29-17(2)25)15-26-13-18-9-5-3-6-10-18/h3-12,20-23H,13-15H2,1-2H3/t20-,21-,22-,23?/m1/s1/i21D. The first-order valence-electron chi connectivity index (χ1n) is 10.2. The first-order chi connectivity index (χ1) is 14.9. The molecule has 0 aliphatic carbocycles. The van der Waals surface area contributed by atoms with Crippen LogP contribution in [-0.4, -0.2) is 43.1 Å². The monoisotopic (exact) mass is 415 g/mol. The first-order valence-corrected chi connectivity index (χ1v) is 9.68. The van der Waals surface area contributed by atoms with Gasteiger partial charge in [-0.2, -0.15) is 0 Å². The third-order valence-corrected chi connectivity index (χ3v) is 4.35. The van der Waals surface area contributed by atoms with E-state index in [2.05, 4.69) is 0 Å². The lowest BCUT2D eigenvalue weighted by molar-refractivity contribution is -0.197. The van der Waals surface area contributed by atoms with Crippen LogP contribution in [-0.2, 0) is 46.5 Å². The van der Waals surface area contributed by atoms with E-state index in [0.29, 0.717) is 6.61 Å².